The highest BCUT2D eigenvalue weighted by molar-refractivity contribution is 5.94. The van der Waals surface area contributed by atoms with Crippen molar-refractivity contribution in [3.63, 3.8) is 0 Å². The smallest absolute Gasteiger partial charge is 0.419 e. The van der Waals surface area contributed by atoms with Gasteiger partial charge >= 0.3 is 6.18 Å². The molecule has 8 heteroatoms. The average molecular weight is 444 g/mol. The third kappa shape index (κ3) is 4.30. The molecule has 0 N–H and O–H groups in total. The summed E-state index contributed by atoms with van der Waals surface area (Å²) in [6, 6.07) is 13.1. The quantitative estimate of drug-likeness (QED) is 0.565. The SMILES string of the molecule is COc1ccc(C(=O)N2CCOc3ccccc3-n3cc(C)cc3CC2)cc1C(F)(F)F. The maximum atomic E-state index is 13.4. The summed E-state index contributed by atoms with van der Waals surface area (Å²) in [5.74, 6) is -0.115. The molecule has 0 bridgehead atoms. The Morgan fingerprint density at radius 2 is 1.88 bits per heavy atom. The Kier molecular flexibility index (Phi) is 5.86. The monoisotopic (exact) mass is 444 g/mol. The first-order chi connectivity index (χ1) is 15.3. The topological polar surface area (TPSA) is 43.7 Å². The summed E-state index contributed by atoms with van der Waals surface area (Å²) < 4.78 is 53.1. The van der Waals surface area contributed by atoms with E-state index in [0.29, 0.717) is 18.7 Å². The minimum atomic E-state index is -4.63. The van der Waals surface area contributed by atoms with Gasteiger partial charge in [-0.05, 0) is 48.9 Å². The number of aryl methyl sites for hydroxylation is 1. The third-order valence-electron chi connectivity index (χ3n) is 5.46. The van der Waals surface area contributed by atoms with Gasteiger partial charge in [-0.2, -0.15) is 13.2 Å². The number of alkyl halides is 3. The van der Waals surface area contributed by atoms with Crippen LogP contribution in [0.5, 0.6) is 11.5 Å². The summed E-state index contributed by atoms with van der Waals surface area (Å²) in [5, 5.41) is 0. The van der Waals surface area contributed by atoms with E-state index in [1.807, 2.05) is 48.0 Å². The molecular formula is C24H23F3N2O3. The van der Waals surface area contributed by atoms with E-state index >= 15 is 0 Å². The molecule has 5 nitrogen and oxygen atoms in total. The molecule has 3 aromatic rings. The minimum absolute atomic E-state index is 0.0397. The van der Waals surface area contributed by atoms with Gasteiger partial charge in [0.15, 0.2) is 0 Å². The van der Waals surface area contributed by atoms with E-state index < -0.39 is 17.6 Å². The molecule has 1 aromatic heterocycles. The fourth-order valence-electron chi connectivity index (χ4n) is 3.93. The number of ether oxygens (including phenoxy) is 2. The molecule has 0 atom stereocenters. The van der Waals surface area contributed by atoms with Gasteiger partial charge in [-0.25, -0.2) is 0 Å². The Morgan fingerprint density at radius 3 is 2.62 bits per heavy atom. The van der Waals surface area contributed by atoms with Gasteiger partial charge in [0.2, 0.25) is 0 Å². The van der Waals surface area contributed by atoms with Crippen molar-refractivity contribution in [3.05, 3.63) is 77.1 Å². The molecule has 0 aliphatic carbocycles. The van der Waals surface area contributed by atoms with Crippen molar-refractivity contribution in [1.82, 2.24) is 9.47 Å². The summed E-state index contributed by atoms with van der Waals surface area (Å²) >= 11 is 0. The summed E-state index contributed by atoms with van der Waals surface area (Å²) in [6.07, 6.45) is -2.07. The number of para-hydroxylation sites is 2. The molecule has 2 heterocycles. The molecular weight excluding hydrogens is 421 g/mol. The van der Waals surface area contributed by atoms with Crippen LogP contribution in [0.4, 0.5) is 13.2 Å². The molecule has 1 aliphatic rings. The first kappa shape index (κ1) is 21.8. The van der Waals surface area contributed by atoms with E-state index in [9.17, 15) is 18.0 Å². The van der Waals surface area contributed by atoms with Crippen LogP contribution in [0.2, 0.25) is 0 Å². The third-order valence-corrected chi connectivity index (χ3v) is 5.46. The molecule has 4 rings (SSSR count). The number of benzene rings is 2. The minimum Gasteiger partial charge on any atom is -0.496 e. The molecule has 0 unspecified atom stereocenters. The van der Waals surface area contributed by atoms with Crippen LogP contribution >= 0.6 is 0 Å². The van der Waals surface area contributed by atoms with Crippen molar-refractivity contribution in [2.45, 2.75) is 19.5 Å². The summed E-state index contributed by atoms with van der Waals surface area (Å²) in [6.45, 7) is 2.81. The van der Waals surface area contributed by atoms with Crippen LogP contribution in [0, 0.1) is 6.92 Å². The van der Waals surface area contributed by atoms with Gasteiger partial charge in [0.1, 0.15) is 18.1 Å². The van der Waals surface area contributed by atoms with E-state index in [1.54, 1.807) is 0 Å². The molecule has 0 radical (unpaired) electrons. The van der Waals surface area contributed by atoms with E-state index in [1.165, 1.54) is 24.1 Å². The lowest BCUT2D eigenvalue weighted by atomic mass is 10.1. The number of fused-ring (bicyclic) bond motifs is 3. The molecule has 2 aromatic carbocycles. The zero-order valence-electron chi connectivity index (χ0n) is 17.8. The fraction of sp³-hybridized carbons (Fsp3) is 0.292. The maximum absolute atomic E-state index is 13.4. The molecule has 0 spiro atoms. The highest BCUT2D eigenvalue weighted by Gasteiger charge is 2.35. The molecule has 0 saturated heterocycles. The number of amides is 1. The molecule has 1 aliphatic heterocycles. The molecule has 1 amide bonds. The summed E-state index contributed by atoms with van der Waals surface area (Å²) in [7, 11) is 1.17. The van der Waals surface area contributed by atoms with Gasteiger partial charge in [0.25, 0.3) is 5.91 Å². The van der Waals surface area contributed by atoms with Gasteiger partial charge in [0.05, 0.1) is 24.9 Å². The van der Waals surface area contributed by atoms with E-state index in [-0.39, 0.29) is 24.5 Å². The second-order valence-corrected chi connectivity index (χ2v) is 7.65. The van der Waals surface area contributed by atoms with Crippen molar-refractivity contribution in [1.29, 1.82) is 0 Å². The number of carbonyl (C=O) groups excluding carboxylic acids is 1. The Labute approximate surface area is 184 Å². The number of carbonyl (C=O) groups is 1. The first-order valence-corrected chi connectivity index (χ1v) is 10.2. The summed E-state index contributed by atoms with van der Waals surface area (Å²) in [4.78, 5) is 14.7. The lowest BCUT2D eigenvalue weighted by Crippen LogP contribution is -2.37. The Balaban J connectivity index is 1.65. The van der Waals surface area contributed by atoms with Gasteiger partial charge in [-0.1, -0.05) is 12.1 Å². The lowest BCUT2D eigenvalue weighted by molar-refractivity contribution is -0.138. The Morgan fingerprint density at radius 1 is 1.09 bits per heavy atom. The van der Waals surface area contributed by atoms with Gasteiger partial charge in [-0.15, -0.1) is 0 Å². The number of hydrogen-bond donors (Lipinski definition) is 0. The van der Waals surface area contributed by atoms with Crippen LogP contribution in [0.25, 0.3) is 5.69 Å². The predicted octanol–water partition coefficient (Wildman–Crippen LogP) is 4.89. The number of aromatic nitrogens is 1. The zero-order valence-corrected chi connectivity index (χ0v) is 17.8. The van der Waals surface area contributed by atoms with Crippen molar-refractivity contribution in [3.8, 4) is 17.2 Å². The molecule has 32 heavy (non-hydrogen) atoms. The van der Waals surface area contributed by atoms with Crippen molar-refractivity contribution < 1.29 is 27.4 Å². The average Bonchev–Trinajstić information content (AvgIpc) is 3.15. The number of methoxy groups -OCH3 is 1. The number of halogens is 3. The van der Waals surface area contributed by atoms with Crippen LogP contribution in [0.1, 0.15) is 27.2 Å². The van der Waals surface area contributed by atoms with Gasteiger partial charge < -0.3 is 18.9 Å². The van der Waals surface area contributed by atoms with Crippen LogP contribution in [0.15, 0.2) is 54.7 Å². The van der Waals surface area contributed by atoms with Crippen molar-refractivity contribution in [2.75, 3.05) is 26.8 Å². The lowest BCUT2D eigenvalue weighted by Gasteiger charge is -2.26. The maximum Gasteiger partial charge on any atom is 0.419 e. The first-order valence-electron chi connectivity index (χ1n) is 10.2. The normalized spacial score (nSPS) is 14.2. The highest BCUT2D eigenvalue weighted by Crippen LogP contribution is 2.37. The second kappa shape index (κ2) is 8.61. The molecule has 0 fully saturated rings. The summed E-state index contributed by atoms with van der Waals surface area (Å²) in [5.41, 5.74) is 1.96. The van der Waals surface area contributed by atoms with Crippen LogP contribution < -0.4 is 9.47 Å². The number of rotatable bonds is 2. The van der Waals surface area contributed by atoms with E-state index in [0.717, 1.165) is 23.0 Å². The zero-order chi connectivity index (χ0) is 22.9. The number of hydrogen-bond acceptors (Lipinski definition) is 3. The highest BCUT2D eigenvalue weighted by atomic mass is 19.4. The van der Waals surface area contributed by atoms with Crippen molar-refractivity contribution in [2.24, 2.45) is 0 Å². The van der Waals surface area contributed by atoms with Crippen molar-refractivity contribution >= 4 is 5.91 Å². The Bertz CT molecular complexity index is 1140. The largest absolute Gasteiger partial charge is 0.496 e. The standard InChI is InChI=1S/C24H23F3N2O3/c1-16-13-18-9-10-28(11-12-32-22-6-4-3-5-20(22)29(18)15-16)23(30)17-7-8-21(31-2)19(14-17)24(25,26)27/h3-8,13-15H,9-12H2,1-2H3. The van der Waals surface area contributed by atoms with Gasteiger partial charge in [-0.3, -0.25) is 4.79 Å². The van der Waals surface area contributed by atoms with E-state index in [4.69, 9.17) is 9.47 Å². The molecule has 0 saturated carbocycles. The van der Waals surface area contributed by atoms with E-state index in [2.05, 4.69) is 0 Å². The van der Waals surface area contributed by atoms with Gasteiger partial charge in [0, 0.05) is 30.4 Å². The fourth-order valence-corrected chi connectivity index (χ4v) is 3.93. The Hall–Kier alpha value is -3.42. The number of nitrogens with zero attached hydrogens (tertiary/aromatic N) is 2. The van der Waals surface area contributed by atoms with Crippen LogP contribution in [-0.4, -0.2) is 42.2 Å². The second-order valence-electron chi connectivity index (χ2n) is 7.65. The van der Waals surface area contributed by atoms with Crippen LogP contribution in [-0.2, 0) is 12.6 Å². The predicted molar refractivity (Wildman–Crippen MR) is 114 cm³/mol. The van der Waals surface area contributed by atoms with Crippen LogP contribution in [0.3, 0.4) is 0 Å². The molecule has 168 valence electrons.